The number of fused-ring (bicyclic) bond motifs is 2. The van der Waals surface area contributed by atoms with Crippen molar-refractivity contribution in [3.8, 4) is 17.0 Å². The Kier molecular flexibility index (Phi) is 6.92. The van der Waals surface area contributed by atoms with Gasteiger partial charge in [0, 0.05) is 34.8 Å². The Morgan fingerprint density at radius 2 is 1.87 bits per heavy atom. The lowest BCUT2D eigenvalue weighted by atomic mass is 9.99. The monoisotopic (exact) mass is 540 g/mol. The van der Waals surface area contributed by atoms with Gasteiger partial charge in [-0.05, 0) is 63.6 Å². The van der Waals surface area contributed by atoms with Gasteiger partial charge in [0.2, 0.25) is 5.95 Å². The molecule has 206 valence electrons. The molecule has 2 aliphatic heterocycles. The van der Waals surface area contributed by atoms with Crippen molar-refractivity contribution in [1.82, 2.24) is 15.1 Å². The molecule has 0 unspecified atom stereocenters. The predicted molar refractivity (Wildman–Crippen MR) is 136 cm³/mol. The molecule has 3 aliphatic rings. The van der Waals surface area contributed by atoms with E-state index in [4.69, 9.17) is 18.7 Å². The molecule has 0 radical (unpaired) electrons. The summed E-state index contributed by atoms with van der Waals surface area (Å²) in [4.78, 5) is 23.4. The molecule has 39 heavy (non-hydrogen) atoms. The minimum atomic E-state index is -2.94. The average Bonchev–Trinajstić information content (AvgIpc) is 3.62. The molecule has 9 nitrogen and oxygen atoms in total. The van der Waals surface area contributed by atoms with Crippen molar-refractivity contribution in [2.45, 2.75) is 82.8 Å². The number of para-hydroxylation sites is 1. The number of alkyl halides is 2. The van der Waals surface area contributed by atoms with Crippen LogP contribution in [0.25, 0.3) is 11.3 Å². The molecule has 0 spiro atoms. The number of methoxy groups -OCH3 is 1. The van der Waals surface area contributed by atoms with Crippen LogP contribution >= 0.6 is 0 Å². The molecule has 11 heteroatoms. The van der Waals surface area contributed by atoms with Gasteiger partial charge in [-0.1, -0.05) is 17.3 Å². The lowest BCUT2D eigenvalue weighted by Gasteiger charge is -2.39. The van der Waals surface area contributed by atoms with Gasteiger partial charge in [-0.3, -0.25) is 0 Å². The van der Waals surface area contributed by atoms with Crippen LogP contribution in [0, 0.1) is 6.92 Å². The lowest BCUT2D eigenvalue weighted by molar-refractivity contribution is -0.0494. The van der Waals surface area contributed by atoms with E-state index in [1.807, 2.05) is 6.92 Å². The number of halogens is 2. The molecule has 0 amide bonds. The normalized spacial score (nSPS) is 22.4. The first-order chi connectivity index (χ1) is 18.9. The Morgan fingerprint density at radius 1 is 1.13 bits per heavy atom. The first kappa shape index (κ1) is 25.7. The summed E-state index contributed by atoms with van der Waals surface area (Å²) in [6.45, 7) is -0.832. The van der Waals surface area contributed by atoms with E-state index in [2.05, 4.69) is 20.0 Å². The number of aryl methyl sites for hydroxylation is 1. The van der Waals surface area contributed by atoms with Gasteiger partial charge in [-0.15, -0.1) is 0 Å². The molecule has 4 heterocycles. The van der Waals surface area contributed by atoms with E-state index in [-0.39, 0.29) is 42.2 Å². The molecular formula is C28H30F2N4O5. The van der Waals surface area contributed by atoms with Gasteiger partial charge in [0.15, 0.2) is 5.69 Å². The quantitative estimate of drug-likeness (QED) is 0.329. The third kappa shape index (κ3) is 5.19. The second-order valence-corrected chi connectivity index (χ2v) is 10.4. The van der Waals surface area contributed by atoms with Crippen LogP contribution in [0.2, 0.25) is 0 Å². The fourth-order valence-electron chi connectivity index (χ4n) is 5.87. The van der Waals surface area contributed by atoms with Crippen LogP contribution in [0.1, 0.15) is 71.9 Å². The number of hydrogen-bond acceptors (Lipinski definition) is 9. The predicted octanol–water partition coefficient (Wildman–Crippen LogP) is 5.42. The van der Waals surface area contributed by atoms with Crippen molar-refractivity contribution >= 4 is 11.9 Å². The van der Waals surface area contributed by atoms with Gasteiger partial charge in [0.05, 0.1) is 19.8 Å². The number of carbonyl (C=O) groups is 1. The maximum atomic E-state index is 13.1. The van der Waals surface area contributed by atoms with E-state index in [1.54, 1.807) is 24.3 Å². The Labute approximate surface area is 224 Å². The highest BCUT2D eigenvalue weighted by atomic mass is 19.3. The number of anilines is 1. The zero-order valence-corrected chi connectivity index (χ0v) is 21.8. The standard InChI is InChI=1S/C28H30F2N4O5/c1-15-11-22(26(35)36-2)32-28(31-15)34-17-9-10-18(34)13-19(12-17)37-14-21-24(33-39-25(21)16-7-8-16)20-5-3-4-6-23(20)38-27(29)30/h3-6,11,16-19,27H,7-10,12-14H2,1-2H3/t17-,18+,19+. The Balaban J connectivity index is 1.20. The van der Waals surface area contributed by atoms with Gasteiger partial charge in [0.25, 0.3) is 0 Å². The zero-order chi connectivity index (χ0) is 27.1. The Bertz CT molecular complexity index is 1350. The van der Waals surface area contributed by atoms with Crippen molar-refractivity contribution in [2.75, 3.05) is 12.0 Å². The van der Waals surface area contributed by atoms with E-state index >= 15 is 0 Å². The molecule has 6 rings (SSSR count). The van der Waals surface area contributed by atoms with Crippen molar-refractivity contribution in [3.05, 3.63) is 53.0 Å². The largest absolute Gasteiger partial charge is 0.464 e. The van der Waals surface area contributed by atoms with Gasteiger partial charge in [-0.25, -0.2) is 14.8 Å². The highest BCUT2D eigenvalue weighted by molar-refractivity contribution is 5.87. The summed E-state index contributed by atoms with van der Waals surface area (Å²) >= 11 is 0. The first-order valence-electron chi connectivity index (χ1n) is 13.3. The van der Waals surface area contributed by atoms with E-state index < -0.39 is 12.6 Å². The van der Waals surface area contributed by atoms with E-state index in [0.29, 0.717) is 22.9 Å². The number of hydrogen-bond donors (Lipinski definition) is 0. The third-order valence-electron chi connectivity index (χ3n) is 7.75. The summed E-state index contributed by atoms with van der Waals surface area (Å²) in [5, 5.41) is 4.27. The Hall–Kier alpha value is -3.60. The summed E-state index contributed by atoms with van der Waals surface area (Å²) in [7, 11) is 1.34. The first-order valence-corrected chi connectivity index (χ1v) is 13.3. The summed E-state index contributed by atoms with van der Waals surface area (Å²) in [6.07, 6.45) is 5.54. The molecule has 2 saturated heterocycles. The second kappa shape index (κ2) is 10.5. The molecule has 1 aliphatic carbocycles. The molecular weight excluding hydrogens is 510 g/mol. The maximum absolute atomic E-state index is 13.1. The minimum absolute atomic E-state index is 0.00834. The number of piperidine rings is 1. The SMILES string of the molecule is COC(=O)c1cc(C)nc(N2[C@@H]3CC[C@H]2C[C@@H](OCc2c(-c4ccccc4OC(F)F)noc2C2CC2)C3)n1. The highest BCUT2D eigenvalue weighted by Gasteiger charge is 2.43. The number of ether oxygens (including phenoxy) is 3. The van der Waals surface area contributed by atoms with Crippen LogP contribution in [-0.2, 0) is 16.1 Å². The van der Waals surface area contributed by atoms with E-state index in [0.717, 1.165) is 49.8 Å². The molecule has 1 saturated carbocycles. The van der Waals surface area contributed by atoms with Crippen molar-refractivity contribution < 1.29 is 32.3 Å². The fraction of sp³-hybridized carbons (Fsp3) is 0.500. The number of rotatable bonds is 9. The third-order valence-corrected chi connectivity index (χ3v) is 7.75. The minimum Gasteiger partial charge on any atom is -0.464 e. The van der Waals surface area contributed by atoms with Gasteiger partial charge in [0.1, 0.15) is 17.2 Å². The number of benzene rings is 1. The van der Waals surface area contributed by atoms with Crippen LogP contribution < -0.4 is 9.64 Å². The van der Waals surface area contributed by atoms with Crippen LogP contribution in [0.15, 0.2) is 34.9 Å². The van der Waals surface area contributed by atoms with Gasteiger partial charge in [-0.2, -0.15) is 8.78 Å². The smallest absolute Gasteiger partial charge is 0.387 e. The zero-order valence-electron chi connectivity index (χ0n) is 21.8. The number of aromatic nitrogens is 3. The summed E-state index contributed by atoms with van der Waals surface area (Å²) in [5.74, 6) is 1.16. The summed E-state index contributed by atoms with van der Waals surface area (Å²) < 4.78 is 47.9. The molecule has 3 aromatic rings. The van der Waals surface area contributed by atoms with E-state index in [1.165, 1.54) is 13.2 Å². The van der Waals surface area contributed by atoms with Crippen LogP contribution in [0.5, 0.6) is 5.75 Å². The van der Waals surface area contributed by atoms with Crippen LogP contribution in [-0.4, -0.2) is 53.0 Å². The van der Waals surface area contributed by atoms with Gasteiger partial charge >= 0.3 is 12.6 Å². The molecule has 3 atom stereocenters. The van der Waals surface area contributed by atoms with Crippen molar-refractivity contribution in [2.24, 2.45) is 0 Å². The van der Waals surface area contributed by atoms with Crippen molar-refractivity contribution in [1.29, 1.82) is 0 Å². The maximum Gasteiger partial charge on any atom is 0.387 e. The molecule has 3 fully saturated rings. The fourth-order valence-corrected chi connectivity index (χ4v) is 5.87. The van der Waals surface area contributed by atoms with Crippen molar-refractivity contribution in [3.63, 3.8) is 0 Å². The summed E-state index contributed by atoms with van der Waals surface area (Å²) in [6, 6.07) is 8.62. The Morgan fingerprint density at radius 3 is 2.56 bits per heavy atom. The summed E-state index contributed by atoms with van der Waals surface area (Å²) in [5.41, 5.74) is 2.70. The highest BCUT2D eigenvalue weighted by Crippen LogP contribution is 2.46. The molecule has 2 bridgehead atoms. The average molecular weight is 541 g/mol. The van der Waals surface area contributed by atoms with Crippen LogP contribution in [0.3, 0.4) is 0 Å². The van der Waals surface area contributed by atoms with E-state index in [9.17, 15) is 13.6 Å². The topological polar surface area (TPSA) is 99.8 Å². The lowest BCUT2D eigenvalue weighted by Crippen LogP contribution is -2.46. The number of esters is 1. The molecule has 2 aromatic heterocycles. The molecule has 1 aromatic carbocycles. The van der Waals surface area contributed by atoms with Gasteiger partial charge < -0.3 is 23.6 Å². The molecule has 0 N–H and O–H groups in total. The second-order valence-electron chi connectivity index (χ2n) is 10.4. The number of nitrogens with zero attached hydrogens (tertiary/aromatic N) is 4. The number of carbonyl (C=O) groups excluding carboxylic acids is 1. The van der Waals surface area contributed by atoms with Crippen LogP contribution in [0.4, 0.5) is 14.7 Å².